The molecule has 1 amide bonds. The van der Waals surface area contributed by atoms with E-state index in [1.54, 1.807) is 26.3 Å². The molecule has 0 bridgehead atoms. The van der Waals surface area contributed by atoms with Gasteiger partial charge in [0.25, 0.3) is 0 Å². The summed E-state index contributed by atoms with van der Waals surface area (Å²) in [6.07, 6.45) is 0.608. The molecule has 5 nitrogen and oxygen atoms in total. The highest BCUT2D eigenvalue weighted by molar-refractivity contribution is 7.14. The summed E-state index contributed by atoms with van der Waals surface area (Å²) in [7, 11) is 3.24. The summed E-state index contributed by atoms with van der Waals surface area (Å²) in [5.74, 6) is 0.365. The Kier molecular flexibility index (Phi) is 6.26. The zero-order valence-electron chi connectivity index (χ0n) is 16.0. The van der Waals surface area contributed by atoms with E-state index in [2.05, 4.69) is 5.32 Å². The minimum atomic E-state index is -0.411. The fourth-order valence-electron chi connectivity index (χ4n) is 2.95. The van der Waals surface area contributed by atoms with E-state index in [0.29, 0.717) is 11.6 Å². The van der Waals surface area contributed by atoms with Crippen molar-refractivity contribution >= 4 is 28.1 Å². The first-order valence-corrected chi connectivity index (χ1v) is 9.81. The van der Waals surface area contributed by atoms with Gasteiger partial charge in [-0.3, -0.25) is 4.79 Å². The minimum absolute atomic E-state index is 0.0862. The lowest BCUT2D eigenvalue weighted by molar-refractivity contribution is -0.121. The number of carbonyl (C=O) groups excluding carboxylic acids is 1. The maximum Gasteiger partial charge on any atom is 0.242 e. The Bertz CT molecular complexity index is 926. The smallest absolute Gasteiger partial charge is 0.242 e. The van der Waals surface area contributed by atoms with Crippen LogP contribution in [0.3, 0.4) is 0 Å². The fourth-order valence-corrected chi connectivity index (χ4v) is 3.85. The topological polar surface area (TPSA) is 54.5 Å². The number of benzene rings is 2. The van der Waals surface area contributed by atoms with E-state index in [1.807, 2.05) is 41.5 Å². The van der Waals surface area contributed by atoms with Crippen LogP contribution in [-0.2, 0) is 4.79 Å². The maximum atomic E-state index is 13.2. The molecule has 2 aromatic carbocycles. The summed E-state index contributed by atoms with van der Waals surface area (Å²) in [6, 6.07) is 13.3. The molecule has 0 radical (unpaired) electrons. The molecule has 1 aromatic heterocycles. The lowest BCUT2D eigenvalue weighted by Gasteiger charge is -2.29. The Hall–Kier alpha value is -2.93. The molecule has 0 aliphatic rings. The van der Waals surface area contributed by atoms with Crippen LogP contribution in [0.25, 0.3) is 11.3 Å². The summed E-state index contributed by atoms with van der Waals surface area (Å²) < 4.78 is 18.5. The van der Waals surface area contributed by atoms with Crippen LogP contribution in [0.4, 0.5) is 15.2 Å². The van der Waals surface area contributed by atoms with Gasteiger partial charge in [-0.1, -0.05) is 6.92 Å². The number of nitrogens with zero attached hydrogens (tertiary/aromatic N) is 2. The van der Waals surface area contributed by atoms with E-state index >= 15 is 0 Å². The van der Waals surface area contributed by atoms with Crippen LogP contribution in [0.2, 0.25) is 0 Å². The lowest BCUT2D eigenvalue weighted by atomic mass is 10.1. The number of methoxy groups -OCH3 is 1. The molecule has 0 aliphatic heterocycles. The number of amides is 1. The second kappa shape index (κ2) is 8.84. The molecule has 0 spiro atoms. The number of ether oxygens (including phenoxy) is 1. The second-order valence-corrected chi connectivity index (χ2v) is 6.97. The summed E-state index contributed by atoms with van der Waals surface area (Å²) in [4.78, 5) is 19.2. The first-order chi connectivity index (χ1) is 13.6. The third kappa shape index (κ3) is 4.14. The number of hydrogen-bond acceptors (Lipinski definition) is 5. The normalized spacial score (nSPS) is 11.7. The van der Waals surface area contributed by atoms with Crippen LogP contribution in [0.5, 0.6) is 5.75 Å². The molecule has 3 aromatic rings. The van der Waals surface area contributed by atoms with E-state index in [9.17, 15) is 9.18 Å². The van der Waals surface area contributed by atoms with Crippen molar-refractivity contribution in [1.82, 2.24) is 10.3 Å². The van der Waals surface area contributed by atoms with Gasteiger partial charge in [0.05, 0.1) is 12.8 Å². The van der Waals surface area contributed by atoms with Gasteiger partial charge < -0.3 is 15.0 Å². The van der Waals surface area contributed by atoms with Gasteiger partial charge in [0.15, 0.2) is 5.13 Å². The summed E-state index contributed by atoms with van der Waals surface area (Å²) >= 11 is 1.44. The molecule has 7 heteroatoms. The molecular formula is C21H22FN3O2S. The minimum Gasteiger partial charge on any atom is -0.497 e. The van der Waals surface area contributed by atoms with Crippen molar-refractivity contribution < 1.29 is 13.9 Å². The van der Waals surface area contributed by atoms with Gasteiger partial charge in [-0.05, 0) is 55.0 Å². The van der Waals surface area contributed by atoms with Crippen LogP contribution in [-0.4, -0.2) is 31.1 Å². The molecule has 0 saturated heterocycles. The van der Waals surface area contributed by atoms with Gasteiger partial charge >= 0.3 is 0 Å². The van der Waals surface area contributed by atoms with Crippen LogP contribution < -0.4 is 15.0 Å². The van der Waals surface area contributed by atoms with Gasteiger partial charge in [0.1, 0.15) is 17.6 Å². The zero-order valence-corrected chi connectivity index (χ0v) is 16.8. The molecule has 0 unspecified atom stereocenters. The van der Waals surface area contributed by atoms with E-state index < -0.39 is 6.04 Å². The molecule has 0 fully saturated rings. The predicted molar refractivity (Wildman–Crippen MR) is 111 cm³/mol. The second-order valence-electron chi connectivity index (χ2n) is 6.13. The monoisotopic (exact) mass is 399 g/mol. The molecule has 0 saturated carbocycles. The number of halogens is 1. The van der Waals surface area contributed by atoms with E-state index in [1.165, 1.54) is 23.5 Å². The maximum absolute atomic E-state index is 13.2. The van der Waals surface area contributed by atoms with E-state index in [-0.39, 0.29) is 11.7 Å². The standard InChI is InChI=1S/C21H22FN3O2S/c1-4-19(20(26)23-2)25(16-9-11-17(27-3)12-10-16)21-24-18(13-28-21)14-5-7-15(22)8-6-14/h5-13,19H,4H2,1-3H3,(H,23,26)/t19-/m1/s1. The van der Waals surface area contributed by atoms with Crippen molar-refractivity contribution in [3.8, 4) is 17.0 Å². The number of thiazole rings is 1. The highest BCUT2D eigenvalue weighted by Crippen LogP contribution is 2.35. The molecule has 1 atom stereocenters. The van der Waals surface area contributed by atoms with Crippen molar-refractivity contribution in [2.75, 3.05) is 19.1 Å². The number of rotatable bonds is 7. The fraction of sp³-hybridized carbons (Fsp3) is 0.238. The quantitative estimate of drug-likeness (QED) is 0.630. The number of hydrogen-bond donors (Lipinski definition) is 1. The number of likely N-dealkylation sites (N-methyl/N-ethyl adjacent to an activating group) is 1. The Labute approximate surface area is 167 Å². The third-order valence-corrected chi connectivity index (χ3v) is 5.28. The van der Waals surface area contributed by atoms with Crippen molar-refractivity contribution in [2.45, 2.75) is 19.4 Å². The Balaban J connectivity index is 2.03. The van der Waals surface area contributed by atoms with Gasteiger partial charge in [0.2, 0.25) is 5.91 Å². The lowest BCUT2D eigenvalue weighted by Crippen LogP contribution is -2.43. The van der Waals surface area contributed by atoms with Crippen LogP contribution >= 0.6 is 11.3 Å². The average molecular weight is 399 g/mol. The van der Waals surface area contributed by atoms with Gasteiger partial charge in [0, 0.05) is 23.7 Å². The van der Waals surface area contributed by atoms with Crippen molar-refractivity contribution in [3.05, 3.63) is 59.7 Å². The zero-order chi connectivity index (χ0) is 20.1. The molecule has 1 N–H and O–H groups in total. The number of anilines is 2. The van der Waals surface area contributed by atoms with Crippen molar-refractivity contribution in [2.24, 2.45) is 0 Å². The van der Waals surface area contributed by atoms with Crippen molar-refractivity contribution in [3.63, 3.8) is 0 Å². The third-order valence-electron chi connectivity index (χ3n) is 4.44. The molecule has 28 heavy (non-hydrogen) atoms. The van der Waals surface area contributed by atoms with Crippen LogP contribution in [0.15, 0.2) is 53.9 Å². The highest BCUT2D eigenvalue weighted by Gasteiger charge is 2.27. The Morgan fingerprint density at radius 1 is 1.21 bits per heavy atom. The Morgan fingerprint density at radius 3 is 2.46 bits per heavy atom. The van der Waals surface area contributed by atoms with Crippen LogP contribution in [0.1, 0.15) is 13.3 Å². The van der Waals surface area contributed by atoms with Gasteiger partial charge in [-0.25, -0.2) is 9.37 Å². The summed E-state index contributed by atoms with van der Waals surface area (Å²) in [6.45, 7) is 1.96. The SMILES string of the molecule is CC[C@H](C(=O)NC)N(c1ccc(OC)cc1)c1nc(-c2ccc(F)cc2)cs1. The van der Waals surface area contributed by atoms with E-state index in [0.717, 1.165) is 22.7 Å². The van der Waals surface area contributed by atoms with E-state index in [4.69, 9.17) is 9.72 Å². The number of nitrogens with one attached hydrogen (secondary N) is 1. The highest BCUT2D eigenvalue weighted by atomic mass is 32.1. The number of aromatic nitrogens is 1. The van der Waals surface area contributed by atoms with Gasteiger partial charge in [-0.15, -0.1) is 11.3 Å². The molecular weight excluding hydrogens is 377 g/mol. The summed E-state index contributed by atoms with van der Waals surface area (Å²) in [5, 5.41) is 5.34. The molecule has 3 rings (SSSR count). The van der Waals surface area contributed by atoms with Gasteiger partial charge in [-0.2, -0.15) is 0 Å². The first-order valence-electron chi connectivity index (χ1n) is 8.93. The molecule has 146 valence electrons. The molecule has 0 aliphatic carbocycles. The number of carbonyl (C=O) groups is 1. The predicted octanol–water partition coefficient (Wildman–Crippen LogP) is 4.62. The van der Waals surface area contributed by atoms with Crippen molar-refractivity contribution in [1.29, 1.82) is 0 Å². The largest absolute Gasteiger partial charge is 0.497 e. The average Bonchev–Trinajstić information content (AvgIpc) is 3.21. The first kappa shape index (κ1) is 19.8. The van der Waals surface area contributed by atoms with Crippen LogP contribution in [0, 0.1) is 5.82 Å². The Morgan fingerprint density at radius 2 is 1.89 bits per heavy atom. The summed E-state index contributed by atoms with van der Waals surface area (Å²) in [5.41, 5.74) is 2.41. The molecule has 1 heterocycles.